The summed E-state index contributed by atoms with van der Waals surface area (Å²) >= 11 is 0. The van der Waals surface area contributed by atoms with Gasteiger partial charge in [-0.1, -0.05) is 18.2 Å². The molecule has 1 amide bonds. The van der Waals surface area contributed by atoms with Crippen LogP contribution in [-0.2, 0) is 17.9 Å². The van der Waals surface area contributed by atoms with E-state index in [2.05, 4.69) is 15.6 Å². The maximum atomic E-state index is 11.1. The summed E-state index contributed by atoms with van der Waals surface area (Å²) in [5.41, 5.74) is 1.95. The Labute approximate surface area is 112 Å². The fraction of sp³-hybridized carbons (Fsp3) is 0.286. The third-order valence-electron chi connectivity index (χ3n) is 2.75. The van der Waals surface area contributed by atoms with Gasteiger partial charge >= 0.3 is 0 Å². The van der Waals surface area contributed by atoms with Crippen molar-refractivity contribution >= 4 is 11.6 Å². The molecule has 0 atom stereocenters. The van der Waals surface area contributed by atoms with Crippen LogP contribution in [-0.4, -0.2) is 22.0 Å². The van der Waals surface area contributed by atoms with Crippen molar-refractivity contribution < 1.29 is 4.79 Å². The average molecular weight is 258 g/mol. The summed E-state index contributed by atoms with van der Waals surface area (Å²) in [6.07, 6.45) is 5.51. The van der Waals surface area contributed by atoms with Crippen LogP contribution in [0.5, 0.6) is 0 Å². The number of rotatable bonds is 6. The van der Waals surface area contributed by atoms with E-state index in [4.69, 9.17) is 0 Å². The number of aromatic nitrogens is 2. The highest BCUT2D eigenvalue weighted by atomic mass is 16.1. The van der Waals surface area contributed by atoms with E-state index in [1.165, 1.54) is 6.92 Å². The van der Waals surface area contributed by atoms with Crippen LogP contribution in [0.1, 0.15) is 12.5 Å². The molecule has 1 aromatic carbocycles. The SMILES string of the molecule is CC(=O)Nc1ccccc1CNCCn1ccnc1. The largest absolute Gasteiger partial charge is 0.336 e. The van der Waals surface area contributed by atoms with Gasteiger partial charge in [-0.15, -0.1) is 0 Å². The summed E-state index contributed by atoms with van der Waals surface area (Å²) in [6, 6.07) is 7.81. The lowest BCUT2D eigenvalue weighted by Crippen LogP contribution is -2.20. The highest BCUT2D eigenvalue weighted by Crippen LogP contribution is 2.14. The highest BCUT2D eigenvalue weighted by molar-refractivity contribution is 5.89. The van der Waals surface area contributed by atoms with Gasteiger partial charge in [-0.25, -0.2) is 4.98 Å². The van der Waals surface area contributed by atoms with Crippen molar-refractivity contribution in [3.05, 3.63) is 48.5 Å². The predicted octanol–water partition coefficient (Wildman–Crippen LogP) is 1.63. The van der Waals surface area contributed by atoms with Crippen molar-refractivity contribution in [2.45, 2.75) is 20.0 Å². The molecule has 0 saturated heterocycles. The summed E-state index contributed by atoms with van der Waals surface area (Å²) in [5, 5.41) is 6.19. The van der Waals surface area contributed by atoms with Gasteiger partial charge in [0.25, 0.3) is 0 Å². The molecule has 0 unspecified atom stereocenters. The molecular formula is C14H18N4O. The second-order valence-corrected chi connectivity index (χ2v) is 4.32. The molecule has 1 heterocycles. The molecule has 2 aromatic rings. The molecular weight excluding hydrogens is 240 g/mol. The number of carbonyl (C=O) groups excluding carboxylic acids is 1. The topological polar surface area (TPSA) is 59.0 Å². The Morgan fingerprint density at radius 3 is 2.95 bits per heavy atom. The molecule has 0 fully saturated rings. The molecule has 5 nitrogen and oxygen atoms in total. The predicted molar refractivity (Wildman–Crippen MR) is 74.7 cm³/mol. The smallest absolute Gasteiger partial charge is 0.221 e. The van der Waals surface area contributed by atoms with E-state index in [0.29, 0.717) is 0 Å². The summed E-state index contributed by atoms with van der Waals surface area (Å²) in [6.45, 7) is 3.97. The molecule has 0 aliphatic carbocycles. The summed E-state index contributed by atoms with van der Waals surface area (Å²) in [5.74, 6) is -0.0501. The molecule has 2 rings (SSSR count). The Bertz CT molecular complexity index is 522. The molecule has 2 N–H and O–H groups in total. The van der Waals surface area contributed by atoms with E-state index >= 15 is 0 Å². The Hall–Kier alpha value is -2.14. The fourth-order valence-corrected chi connectivity index (χ4v) is 1.84. The molecule has 19 heavy (non-hydrogen) atoms. The van der Waals surface area contributed by atoms with Crippen LogP contribution >= 0.6 is 0 Å². The molecule has 100 valence electrons. The van der Waals surface area contributed by atoms with E-state index in [1.54, 1.807) is 12.5 Å². The summed E-state index contributed by atoms with van der Waals surface area (Å²) in [7, 11) is 0. The second-order valence-electron chi connectivity index (χ2n) is 4.32. The first kappa shape index (κ1) is 13.3. The van der Waals surface area contributed by atoms with Crippen LogP contribution in [0.3, 0.4) is 0 Å². The Balaban J connectivity index is 1.83. The maximum Gasteiger partial charge on any atom is 0.221 e. The highest BCUT2D eigenvalue weighted by Gasteiger charge is 2.02. The number of para-hydroxylation sites is 1. The van der Waals surface area contributed by atoms with Crippen LogP contribution in [0, 0.1) is 0 Å². The average Bonchev–Trinajstić information content (AvgIpc) is 2.89. The summed E-state index contributed by atoms with van der Waals surface area (Å²) in [4.78, 5) is 15.1. The van der Waals surface area contributed by atoms with Gasteiger partial charge in [-0.3, -0.25) is 4.79 Å². The van der Waals surface area contributed by atoms with Crippen LogP contribution in [0.4, 0.5) is 5.69 Å². The minimum absolute atomic E-state index is 0.0501. The first-order chi connectivity index (χ1) is 9.25. The minimum Gasteiger partial charge on any atom is -0.336 e. The minimum atomic E-state index is -0.0501. The third-order valence-corrected chi connectivity index (χ3v) is 2.75. The number of imidazole rings is 1. The van der Waals surface area contributed by atoms with Crippen LogP contribution < -0.4 is 10.6 Å². The normalized spacial score (nSPS) is 10.4. The molecule has 5 heteroatoms. The van der Waals surface area contributed by atoms with Gasteiger partial charge in [0, 0.05) is 44.6 Å². The van der Waals surface area contributed by atoms with Gasteiger partial charge in [0.05, 0.1) is 6.33 Å². The number of hydrogen-bond acceptors (Lipinski definition) is 3. The van der Waals surface area contributed by atoms with Crippen LogP contribution in [0.15, 0.2) is 43.0 Å². The Morgan fingerprint density at radius 2 is 2.21 bits per heavy atom. The van der Waals surface area contributed by atoms with E-state index < -0.39 is 0 Å². The van der Waals surface area contributed by atoms with Gasteiger partial charge in [-0.05, 0) is 11.6 Å². The Kier molecular flexibility index (Phi) is 4.69. The lowest BCUT2D eigenvalue weighted by Gasteiger charge is -2.11. The molecule has 0 spiro atoms. The van der Waals surface area contributed by atoms with Gasteiger partial charge in [0.1, 0.15) is 0 Å². The number of nitrogens with one attached hydrogen (secondary N) is 2. The number of benzene rings is 1. The van der Waals surface area contributed by atoms with Gasteiger partial charge < -0.3 is 15.2 Å². The zero-order valence-electron chi connectivity index (χ0n) is 11.0. The molecule has 1 aromatic heterocycles. The fourth-order valence-electron chi connectivity index (χ4n) is 1.84. The Morgan fingerprint density at radius 1 is 1.37 bits per heavy atom. The van der Waals surface area contributed by atoms with Crippen molar-refractivity contribution in [3.8, 4) is 0 Å². The third kappa shape index (κ3) is 4.22. The van der Waals surface area contributed by atoms with E-state index in [-0.39, 0.29) is 5.91 Å². The number of nitrogens with zero attached hydrogens (tertiary/aromatic N) is 2. The quantitative estimate of drug-likeness (QED) is 0.774. The van der Waals surface area contributed by atoms with Crippen molar-refractivity contribution in [1.29, 1.82) is 0 Å². The lowest BCUT2D eigenvalue weighted by molar-refractivity contribution is -0.114. The van der Waals surface area contributed by atoms with Gasteiger partial charge in [-0.2, -0.15) is 0 Å². The number of carbonyl (C=O) groups is 1. The van der Waals surface area contributed by atoms with Gasteiger partial charge in [0.2, 0.25) is 5.91 Å². The number of anilines is 1. The van der Waals surface area contributed by atoms with E-state index in [1.807, 2.05) is 35.0 Å². The monoisotopic (exact) mass is 258 g/mol. The van der Waals surface area contributed by atoms with Crippen molar-refractivity contribution in [2.75, 3.05) is 11.9 Å². The van der Waals surface area contributed by atoms with Gasteiger partial charge in [0.15, 0.2) is 0 Å². The van der Waals surface area contributed by atoms with Crippen LogP contribution in [0.25, 0.3) is 0 Å². The van der Waals surface area contributed by atoms with Crippen molar-refractivity contribution in [2.24, 2.45) is 0 Å². The van der Waals surface area contributed by atoms with Crippen molar-refractivity contribution in [3.63, 3.8) is 0 Å². The standard InChI is InChI=1S/C14H18N4O/c1-12(19)17-14-5-3-2-4-13(14)10-15-6-8-18-9-7-16-11-18/h2-5,7,9,11,15H,6,8,10H2,1H3,(H,17,19). The molecule has 0 aliphatic heterocycles. The van der Waals surface area contributed by atoms with Crippen LogP contribution in [0.2, 0.25) is 0 Å². The number of amides is 1. The zero-order valence-corrected chi connectivity index (χ0v) is 11.0. The summed E-state index contributed by atoms with van der Waals surface area (Å²) < 4.78 is 2.02. The van der Waals surface area contributed by atoms with Crippen molar-refractivity contribution in [1.82, 2.24) is 14.9 Å². The van der Waals surface area contributed by atoms with E-state index in [9.17, 15) is 4.79 Å². The first-order valence-electron chi connectivity index (χ1n) is 6.27. The molecule has 0 radical (unpaired) electrons. The molecule has 0 bridgehead atoms. The maximum absolute atomic E-state index is 11.1. The number of hydrogen-bond donors (Lipinski definition) is 2. The molecule has 0 saturated carbocycles. The van der Waals surface area contributed by atoms with E-state index in [0.717, 1.165) is 30.9 Å². The molecule has 0 aliphatic rings. The lowest BCUT2D eigenvalue weighted by atomic mass is 10.1. The first-order valence-corrected chi connectivity index (χ1v) is 6.27. The zero-order chi connectivity index (χ0) is 13.5. The second kappa shape index (κ2) is 6.70.